The smallest absolute Gasteiger partial charge is 0.336 e. The zero-order valence-corrected chi connectivity index (χ0v) is 26.0. The van der Waals surface area contributed by atoms with Crippen molar-refractivity contribution in [3.8, 4) is 0 Å². The van der Waals surface area contributed by atoms with Crippen molar-refractivity contribution < 1.29 is 33.2 Å². The van der Waals surface area contributed by atoms with E-state index in [1.807, 2.05) is 30.3 Å². The van der Waals surface area contributed by atoms with E-state index >= 15 is 0 Å². The molecule has 1 unspecified atom stereocenters. The second-order valence-corrected chi connectivity index (χ2v) is 10.9. The maximum atomic E-state index is 13.7. The molecule has 11 heteroatoms. The van der Waals surface area contributed by atoms with E-state index in [4.69, 9.17) is 9.47 Å². The van der Waals surface area contributed by atoms with Crippen LogP contribution in [0.2, 0.25) is 0 Å². The number of esters is 2. The molecule has 1 aliphatic heterocycles. The van der Waals surface area contributed by atoms with E-state index < -0.39 is 28.6 Å². The third kappa shape index (κ3) is 8.51. The zero-order chi connectivity index (χ0) is 33.2. The first-order valence-corrected chi connectivity index (χ1v) is 14.8. The minimum atomic E-state index is -0.959. The lowest BCUT2D eigenvalue weighted by Crippen LogP contribution is -2.34. The zero-order valence-electron chi connectivity index (χ0n) is 26.0. The Hall–Kier alpha value is -5.16. The van der Waals surface area contributed by atoms with Crippen molar-refractivity contribution in [3.63, 3.8) is 0 Å². The number of dihydropyridines is 1. The van der Waals surface area contributed by atoms with E-state index in [-0.39, 0.29) is 35.6 Å². The Bertz CT molecular complexity index is 1650. The molecule has 1 heterocycles. The molecule has 1 N–H and O–H groups in total. The minimum Gasteiger partial charge on any atom is -0.466 e. The predicted molar refractivity (Wildman–Crippen MR) is 169 cm³/mol. The predicted octanol–water partition coefficient (Wildman–Crippen LogP) is 5.85. The Morgan fingerprint density at radius 1 is 0.913 bits per heavy atom. The normalized spacial score (nSPS) is 14.6. The van der Waals surface area contributed by atoms with Gasteiger partial charge in [0.05, 0.1) is 29.1 Å². The number of ether oxygens (including phenoxy) is 2. The molecule has 0 saturated carbocycles. The van der Waals surface area contributed by atoms with Crippen LogP contribution in [0.3, 0.4) is 0 Å². The van der Waals surface area contributed by atoms with E-state index in [0.29, 0.717) is 48.6 Å². The second kappa shape index (κ2) is 15.7. The number of rotatable bonds is 14. The van der Waals surface area contributed by atoms with Crippen LogP contribution in [0.1, 0.15) is 54.1 Å². The highest BCUT2D eigenvalue weighted by Gasteiger charge is 2.38. The van der Waals surface area contributed by atoms with Crippen molar-refractivity contribution in [3.05, 3.63) is 134 Å². The van der Waals surface area contributed by atoms with E-state index in [9.17, 15) is 28.9 Å². The summed E-state index contributed by atoms with van der Waals surface area (Å²) in [7, 11) is 1.23. The van der Waals surface area contributed by atoms with E-state index in [1.165, 1.54) is 49.6 Å². The van der Waals surface area contributed by atoms with Crippen LogP contribution in [-0.4, -0.2) is 54.4 Å². The molecule has 0 saturated heterocycles. The lowest BCUT2D eigenvalue weighted by atomic mass is 9.80. The number of nitro groups is 1. The summed E-state index contributed by atoms with van der Waals surface area (Å²) in [6.07, 6.45) is 0.800. The van der Waals surface area contributed by atoms with Crippen molar-refractivity contribution in [1.29, 1.82) is 0 Å². The number of carbonyl (C=O) groups excluding carboxylic acids is 3. The highest BCUT2D eigenvalue weighted by Crippen LogP contribution is 2.40. The fraction of sp³-hybridized carbons (Fsp3) is 0.286. The van der Waals surface area contributed by atoms with Crippen molar-refractivity contribution in [1.82, 2.24) is 10.2 Å². The molecule has 3 aromatic rings. The summed E-state index contributed by atoms with van der Waals surface area (Å²) in [5.74, 6) is -2.81. The minimum absolute atomic E-state index is 0.00622. The van der Waals surface area contributed by atoms with Crippen molar-refractivity contribution >= 4 is 23.4 Å². The van der Waals surface area contributed by atoms with Gasteiger partial charge in [0.2, 0.25) is 0 Å². The molecule has 4 rings (SSSR count). The molecule has 0 amide bonds. The summed E-state index contributed by atoms with van der Waals surface area (Å²) in [6.45, 7) is 4.80. The molecule has 0 spiro atoms. The topological polar surface area (TPSA) is 128 Å². The van der Waals surface area contributed by atoms with Gasteiger partial charge in [-0.25, -0.2) is 14.0 Å². The number of Topliss-reactive ketones (excluding diaryl/α,β-unsaturated/α-hetero) is 1. The number of methoxy groups -OCH3 is 1. The Morgan fingerprint density at radius 3 is 2.24 bits per heavy atom. The molecule has 0 bridgehead atoms. The number of hydrogen-bond donors (Lipinski definition) is 1. The average Bonchev–Trinajstić information content (AvgIpc) is 3.04. The van der Waals surface area contributed by atoms with E-state index in [2.05, 4.69) is 10.2 Å². The molecular weight excluding hydrogens is 593 g/mol. The van der Waals surface area contributed by atoms with Gasteiger partial charge in [-0.2, -0.15) is 0 Å². The largest absolute Gasteiger partial charge is 0.466 e. The number of hydrogen-bond acceptors (Lipinski definition) is 9. The van der Waals surface area contributed by atoms with E-state index in [0.717, 1.165) is 5.56 Å². The summed E-state index contributed by atoms with van der Waals surface area (Å²) in [5, 5.41) is 14.6. The molecule has 0 aliphatic carbocycles. The van der Waals surface area contributed by atoms with Crippen molar-refractivity contribution in [2.75, 3.05) is 26.8 Å². The first-order valence-electron chi connectivity index (χ1n) is 14.8. The van der Waals surface area contributed by atoms with Gasteiger partial charge < -0.3 is 14.8 Å². The maximum absolute atomic E-state index is 13.7. The summed E-state index contributed by atoms with van der Waals surface area (Å²) >= 11 is 0. The number of ketones is 1. The van der Waals surface area contributed by atoms with Gasteiger partial charge in [0.1, 0.15) is 12.4 Å². The summed E-state index contributed by atoms with van der Waals surface area (Å²) in [4.78, 5) is 52.3. The maximum Gasteiger partial charge on any atom is 0.336 e. The first-order chi connectivity index (χ1) is 22.1. The van der Waals surface area contributed by atoms with Crippen LogP contribution in [-0.2, 0) is 25.6 Å². The molecule has 0 fully saturated rings. The quantitative estimate of drug-likeness (QED) is 0.101. The van der Waals surface area contributed by atoms with Crippen LogP contribution in [0, 0.1) is 15.9 Å². The van der Waals surface area contributed by atoms with Gasteiger partial charge in [-0.05, 0) is 62.2 Å². The number of nitrogens with one attached hydrogen (secondary N) is 1. The molecule has 240 valence electrons. The number of benzene rings is 3. The molecule has 0 aromatic heterocycles. The number of allylic oxidation sites excluding steroid dienone is 2. The molecule has 3 aromatic carbocycles. The molecule has 10 nitrogen and oxygen atoms in total. The van der Waals surface area contributed by atoms with Crippen LogP contribution in [0.4, 0.5) is 10.1 Å². The second-order valence-electron chi connectivity index (χ2n) is 10.9. The lowest BCUT2D eigenvalue weighted by Gasteiger charge is -2.30. The first kappa shape index (κ1) is 33.7. The molecule has 0 radical (unpaired) electrons. The SMILES string of the molecule is COC(=O)C1=C(C)NC(C)=C(C(=O)OCCN(CCCC(=O)c2ccc(F)cc2)Cc2ccccc2)C1c1cccc([N+](=O)[O-])c1. The highest BCUT2D eigenvalue weighted by molar-refractivity contribution is 6.00. The molecule has 46 heavy (non-hydrogen) atoms. The van der Waals surface area contributed by atoms with Crippen molar-refractivity contribution in [2.24, 2.45) is 0 Å². The van der Waals surface area contributed by atoms with Gasteiger partial charge in [0.15, 0.2) is 5.78 Å². The van der Waals surface area contributed by atoms with E-state index in [1.54, 1.807) is 19.9 Å². The van der Waals surface area contributed by atoms with Crippen molar-refractivity contribution in [2.45, 2.75) is 39.2 Å². The standard InChI is InChI=1S/C35H36FN3O7/c1-23-31(34(41)45-3)33(27-11-7-12-29(21-27)39(43)44)32(24(2)37-23)35(42)46-20-19-38(22-25-9-5-4-6-10-25)18-8-13-30(40)26-14-16-28(36)17-15-26/h4-7,9-12,14-17,21,33,37H,8,13,18-20,22H2,1-3H3. The number of halogens is 1. The number of nitro benzene ring substituents is 1. The number of carbonyl (C=O) groups is 3. The number of nitrogens with zero attached hydrogens (tertiary/aromatic N) is 2. The molecule has 1 aliphatic rings. The fourth-order valence-corrected chi connectivity index (χ4v) is 5.50. The Morgan fingerprint density at radius 2 is 1.59 bits per heavy atom. The fourth-order valence-electron chi connectivity index (χ4n) is 5.50. The van der Waals surface area contributed by atoms with Gasteiger partial charge in [-0.15, -0.1) is 0 Å². The molecule has 1 atom stereocenters. The van der Waals surface area contributed by atoms with Gasteiger partial charge in [0, 0.05) is 48.6 Å². The Balaban J connectivity index is 1.49. The van der Waals surface area contributed by atoms with Gasteiger partial charge in [-0.3, -0.25) is 19.8 Å². The summed E-state index contributed by atoms with van der Waals surface area (Å²) in [5.41, 5.74) is 2.89. The third-order valence-electron chi connectivity index (χ3n) is 7.73. The summed E-state index contributed by atoms with van der Waals surface area (Å²) < 4.78 is 24.0. The lowest BCUT2D eigenvalue weighted by molar-refractivity contribution is -0.384. The van der Waals surface area contributed by atoms with Gasteiger partial charge in [-0.1, -0.05) is 42.5 Å². The van der Waals surface area contributed by atoms with Crippen LogP contribution < -0.4 is 5.32 Å². The average molecular weight is 630 g/mol. The Labute approximate surface area is 266 Å². The van der Waals surface area contributed by atoms with Gasteiger partial charge >= 0.3 is 11.9 Å². The van der Waals surface area contributed by atoms with Crippen LogP contribution in [0.5, 0.6) is 0 Å². The highest BCUT2D eigenvalue weighted by atomic mass is 19.1. The monoisotopic (exact) mass is 629 g/mol. The van der Waals surface area contributed by atoms with Crippen LogP contribution >= 0.6 is 0 Å². The van der Waals surface area contributed by atoms with Crippen LogP contribution in [0.25, 0.3) is 0 Å². The summed E-state index contributed by atoms with van der Waals surface area (Å²) in [6, 6.07) is 21.0. The molecular formula is C35H36FN3O7. The Kier molecular flexibility index (Phi) is 11.5. The third-order valence-corrected chi connectivity index (χ3v) is 7.73. The number of non-ortho nitro benzene ring substituents is 1. The van der Waals surface area contributed by atoms with Gasteiger partial charge in [0.25, 0.3) is 5.69 Å². The van der Waals surface area contributed by atoms with Crippen LogP contribution in [0.15, 0.2) is 101 Å².